The second kappa shape index (κ2) is 8.85. The van der Waals surface area contributed by atoms with Gasteiger partial charge in [0.25, 0.3) is 0 Å². The smallest absolute Gasteiger partial charge is 0.243 e. The van der Waals surface area contributed by atoms with Crippen molar-refractivity contribution in [1.82, 2.24) is 14.3 Å². The number of hydrogen-bond acceptors (Lipinski definition) is 8. The van der Waals surface area contributed by atoms with E-state index in [2.05, 4.69) is 20.6 Å². The number of rotatable bonds is 6. The second-order valence-electron chi connectivity index (χ2n) is 10.4. The number of morpholine rings is 1. The Balaban J connectivity index is 1.16. The van der Waals surface area contributed by atoms with Crippen LogP contribution in [0, 0.1) is 17.8 Å². The SMILES string of the molecule is O=S(=O)(c1ccc(Nc2ncc(Cl)c(N[C@H]3C4CC5CC3C[C@@](O)(C5)C4)n2)cc1)N1CCOCC1. The number of aliphatic hydroxyl groups is 1. The van der Waals surface area contributed by atoms with Crippen molar-refractivity contribution in [2.75, 3.05) is 36.9 Å². The first-order valence-electron chi connectivity index (χ1n) is 12.3. The second-order valence-corrected chi connectivity index (χ2v) is 12.8. The van der Waals surface area contributed by atoms with Gasteiger partial charge in [0.05, 0.1) is 29.9 Å². The maximum atomic E-state index is 12.8. The van der Waals surface area contributed by atoms with Gasteiger partial charge in [-0.2, -0.15) is 9.29 Å². The molecule has 4 aliphatic carbocycles. The lowest BCUT2D eigenvalue weighted by atomic mass is 9.52. The van der Waals surface area contributed by atoms with Crippen molar-refractivity contribution in [2.45, 2.75) is 48.6 Å². The van der Waals surface area contributed by atoms with Gasteiger partial charge in [-0.1, -0.05) is 11.6 Å². The third-order valence-electron chi connectivity index (χ3n) is 8.01. The zero-order chi connectivity index (χ0) is 24.2. The number of nitrogens with one attached hydrogen (secondary N) is 2. The molecule has 2 atom stereocenters. The van der Waals surface area contributed by atoms with Crippen molar-refractivity contribution in [2.24, 2.45) is 17.8 Å². The minimum absolute atomic E-state index is 0.243. The molecule has 4 bridgehead atoms. The van der Waals surface area contributed by atoms with Crippen LogP contribution in [0.25, 0.3) is 0 Å². The third kappa shape index (κ3) is 4.51. The summed E-state index contributed by atoms with van der Waals surface area (Å²) in [4.78, 5) is 9.16. The van der Waals surface area contributed by atoms with Crippen LogP contribution in [0.2, 0.25) is 5.02 Å². The Morgan fingerprint density at radius 1 is 1.09 bits per heavy atom. The summed E-state index contributed by atoms with van der Waals surface area (Å²) < 4.78 is 32.4. The number of hydrogen-bond donors (Lipinski definition) is 3. The van der Waals surface area contributed by atoms with Crippen molar-refractivity contribution >= 4 is 39.1 Å². The number of ether oxygens (including phenoxy) is 1. The summed E-state index contributed by atoms with van der Waals surface area (Å²) in [6.45, 7) is 1.54. The maximum Gasteiger partial charge on any atom is 0.243 e. The first-order valence-corrected chi connectivity index (χ1v) is 14.1. The fourth-order valence-corrected chi connectivity index (χ4v) is 8.23. The minimum atomic E-state index is -3.54. The van der Waals surface area contributed by atoms with Crippen LogP contribution in [-0.2, 0) is 14.8 Å². The summed E-state index contributed by atoms with van der Waals surface area (Å²) in [6.07, 6.45) is 6.48. The van der Waals surface area contributed by atoms with Crippen LogP contribution in [0.1, 0.15) is 32.1 Å². The summed E-state index contributed by atoms with van der Waals surface area (Å²) in [7, 11) is -3.54. The molecule has 1 aromatic carbocycles. The number of anilines is 3. The fourth-order valence-electron chi connectivity index (χ4n) is 6.68. The molecule has 1 aromatic heterocycles. The third-order valence-corrected chi connectivity index (χ3v) is 10.2. The zero-order valence-electron chi connectivity index (χ0n) is 19.4. The topological polar surface area (TPSA) is 117 Å². The van der Waals surface area contributed by atoms with Crippen LogP contribution in [0.3, 0.4) is 0 Å². The van der Waals surface area contributed by atoms with Crippen LogP contribution in [0.15, 0.2) is 35.4 Å². The van der Waals surface area contributed by atoms with Gasteiger partial charge in [-0.05, 0) is 74.1 Å². The van der Waals surface area contributed by atoms with Crippen LogP contribution in [0.5, 0.6) is 0 Å². The molecule has 1 saturated heterocycles. The van der Waals surface area contributed by atoms with Crippen LogP contribution >= 0.6 is 11.6 Å². The van der Waals surface area contributed by atoms with E-state index in [1.54, 1.807) is 30.5 Å². The molecule has 2 unspecified atom stereocenters. The highest BCUT2D eigenvalue weighted by Crippen LogP contribution is 2.56. The molecule has 0 amide bonds. The Morgan fingerprint density at radius 3 is 2.43 bits per heavy atom. The predicted molar refractivity (Wildman–Crippen MR) is 132 cm³/mol. The molecule has 4 saturated carbocycles. The van der Waals surface area contributed by atoms with Crippen molar-refractivity contribution in [3.8, 4) is 0 Å². The molecule has 2 heterocycles. The maximum absolute atomic E-state index is 12.8. The monoisotopic (exact) mass is 519 g/mol. The molecular formula is C24H30ClN5O4S. The van der Waals surface area contributed by atoms with Crippen molar-refractivity contribution in [3.05, 3.63) is 35.5 Å². The lowest BCUT2D eigenvalue weighted by molar-refractivity contribution is -0.129. The summed E-state index contributed by atoms with van der Waals surface area (Å²) in [5.74, 6) is 2.44. The van der Waals surface area contributed by atoms with E-state index in [0.717, 1.165) is 32.1 Å². The quantitative estimate of drug-likeness (QED) is 0.532. The molecule has 7 rings (SSSR count). The molecule has 3 N–H and O–H groups in total. The van der Waals surface area contributed by atoms with Gasteiger partial charge in [0.2, 0.25) is 16.0 Å². The molecule has 0 spiro atoms. The fraction of sp³-hybridized carbons (Fsp3) is 0.583. The Kier molecular flexibility index (Phi) is 5.92. The molecule has 5 fully saturated rings. The number of benzene rings is 1. The van der Waals surface area contributed by atoms with Gasteiger partial charge in [-0.25, -0.2) is 13.4 Å². The molecular weight excluding hydrogens is 490 g/mol. The van der Waals surface area contributed by atoms with Crippen LogP contribution in [-0.4, -0.2) is 65.7 Å². The van der Waals surface area contributed by atoms with Gasteiger partial charge in [-0.3, -0.25) is 0 Å². The van der Waals surface area contributed by atoms with E-state index in [9.17, 15) is 13.5 Å². The van der Waals surface area contributed by atoms with Crippen LogP contribution in [0.4, 0.5) is 17.5 Å². The van der Waals surface area contributed by atoms with E-state index in [1.807, 2.05) is 0 Å². The van der Waals surface area contributed by atoms with Gasteiger partial charge in [-0.15, -0.1) is 0 Å². The summed E-state index contributed by atoms with van der Waals surface area (Å²) in [6, 6.07) is 6.83. The highest BCUT2D eigenvalue weighted by atomic mass is 35.5. The Labute approximate surface area is 210 Å². The average Bonchev–Trinajstić information content (AvgIpc) is 2.83. The van der Waals surface area contributed by atoms with Gasteiger partial charge < -0.3 is 20.5 Å². The highest BCUT2D eigenvalue weighted by Gasteiger charge is 2.54. The van der Waals surface area contributed by atoms with Gasteiger partial charge in [0, 0.05) is 24.8 Å². The zero-order valence-corrected chi connectivity index (χ0v) is 20.9. The van der Waals surface area contributed by atoms with E-state index in [-0.39, 0.29) is 10.9 Å². The predicted octanol–water partition coefficient (Wildman–Crippen LogP) is 3.25. The van der Waals surface area contributed by atoms with Crippen molar-refractivity contribution in [1.29, 1.82) is 0 Å². The number of nitrogens with zero attached hydrogens (tertiary/aromatic N) is 3. The van der Waals surface area contributed by atoms with Crippen molar-refractivity contribution in [3.63, 3.8) is 0 Å². The van der Waals surface area contributed by atoms with E-state index >= 15 is 0 Å². The van der Waals surface area contributed by atoms with E-state index in [0.29, 0.717) is 66.5 Å². The first kappa shape index (κ1) is 23.4. The lowest BCUT2D eigenvalue weighted by Crippen LogP contribution is -2.59. The van der Waals surface area contributed by atoms with E-state index in [4.69, 9.17) is 16.3 Å². The molecule has 11 heteroatoms. The molecule has 35 heavy (non-hydrogen) atoms. The van der Waals surface area contributed by atoms with Gasteiger partial charge in [0.15, 0.2) is 5.82 Å². The Morgan fingerprint density at radius 2 is 1.77 bits per heavy atom. The number of sulfonamides is 1. The molecule has 0 radical (unpaired) electrons. The highest BCUT2D eigenvalue weighted by molar-refractivity contribution is 7.89. The molecule has 5 aliphatic rings. The standard InChI is InChI=1S/C24H30ClN5O4S/c25-20-14-26-23(27-18-1-3-19(4-2-18)35(32,33)30-5-7-34-8-6-30)29-22(20)28-21-16-9-15-10-17(21)13-24(31,11-15)12-16/h1-4,14-17,21,31H,5-13H2,(H2,26,27,28,29)/t15?,16?,17?,21-,24+. The van der Waals surface area contributed by atoms with E-state index < -0.39 is 15.6 Å². The average molecular weight is 520 g/mol. The Bertz CT molecular complexity index is 1190. The van der Waals surface area contributed by atoms with E-state index in [1.165, 1.54) is 4.31 Å². The molecule has 9 nitrogen and oxygen atoms in total. The Hall–Kier alpha value is -1.98. The largest absolute Gasteiger partial charge is 0.390 e. The first-order chi connectivity index (χ1) is 16.8. The molecule has 1 aliphatic heterocycles. The minimum Gasteiger partial charge on any atom is -0.390 e. The number of aromatic nitrogens is 2. The molecule has 188 valence electrons. The van der Waals surface area contributed by atoms with Gasteiger partial charge in [0.1, 0.15) is 5.02 Å². The lowest BCUT2D eigenvalue weighted by Gasteiger charge is -2.58. The van der Waals surface area contributed by atoms with Crippen molar-refractivity contribution < 1.29 is 18.3 Å². The molecule has 2 aromatic rings. The van der Waals surface area contributed by atoms with Crippen LogP contribution < -0.4 is 10.6 Å². The summed E-state index contributed by atoms with van der Waals surface area (Å²) >= 11 is 6.44. The number of halogens is 1. The van der Waals surface area contributed by atoms with Gasteiger partial charge >= 0.3 is 0 Å². The summed E-state index contributed by atoms with van der Waals surface area (Å²) in [5.41, 5.74) is 0.189. The normalized spacial score (nSPS) is 32.5. The summed E-state index contributed by atoms with van der Waals surface area (Å²) in [5, 5.41) is 18.0.